The Kier molecular flexibility index (Phi) is 5.17. The summed E-state index contributed by atoms with van der Waals surface area (Å²) in [5.74, 6) is -3.88. The Hall–Kier alpha value is -3.39. The summed E-state index contributed by atoms with van der Waals surface area (Å²) in [5, 5.41) is 10.8. The van der Waals surface area contributed by atoms with Crippen molar-refractivity contribution in [3.63, 3.8) is 0 Å². The molecule has 2 heterocycles. The zero-order valence-electron chi connectivity index (χ0n) is 15.5. The van der Waals surface area contributed by atoms with Crippen LogP contribution in [0.1, 0.15) is 36.7 Å². The van der Waals surface area contributed by atoms with Crippen LogP contribution in [0, 0.1) is 11.6 Å². The zero-order valence-corrected chi connectivity index (χ0v) is 16.3. The number of amides is 2. The second-order valence-electron chi connectivity index (χ2n) is 6.86. The molecule has 152 valence electrons. The number of hydrogen-bond acceptors (Lipinski definition) is 4. The minimum absolute atomic E-state index is 0.0803. The van der Waals surface area contributed by atoms with Gasteiger partial charge in [-0.25, -0.2) is 18.5 Å². The summed E-state index contributed by atoms with van der Waals surface area (Å²) in [7, 11) is 0. The van der Waals surface area contributed by atoms with Gasteiger partial charge in [0.05, 0.1) is 17.7 Å². The molecular formula is C22H15F2NO4S. The standard InChI is InChI=1S/C22H15F2NO4S/c23-15-4-2-1-3-13(15)7-5-12-6-8-16(24)17(9-12)25-18(26)10-14-11-30-20(22(28)29)19(14)21(25)27/h1-4,6,8-9,11H,5,7,10H2,(H,28,29). The quantitative estimate of drug-likeness (QED) is 0.618. The molecule has 0 saturated carbocycles. The molecule has 0 unspecified atom stereocenters. The molecule has 1 N–H and O–H groups in total. The number of nitrogens with zero attached hydrogens (tertiary/aromatic N) is 1. The molecule has 4 rings (SSSR count). The average molecular weight is 427 g/mol. The molecule has 0 fully saturated rings. The van der Waals surface area contributed by atoms with Gasteiger partial charge in [-0.1, -0.05) is 24.3 Å². The number of anilines is 1. The van der Waals surface area contributed by atoms with Crippen molar-refractivity contribution in [2.75, 3.05) is 4.90 Å². The lowest BCUT2D eigenvalue weighted by molar-refractivity contribution is -0.117. The number of carbonyl (C=O) groups excluding carboxylic acids is 2. The summed E-state index contributed by atoms with van der Waals surface area (Å²) < 4.78 is 28.4. The monoisotopic (exact) mass is 427 g/mol. The topological polar surface area (TPSA) is 74.7 Å². The molecule has 0 aliphatic carbocycles. The Morgan fingerprint density at radius 2 is 1.83 bits per heavy atom. The zero-order chi connectivity index (χ0) is 21.4. The average Bonchev–Trinajstić information content (AvgIpc) is 3.13. The number of halogens is 2. The van der Waals surface area contributed by atoms with E-state index in [0.29, 0.717) is 34.4 Å². The van der Waals surface area contributed by atoms with Gasteiger partial charge in [-0.05, 0) is 53.1 Å². The lowest BCUT2D eigenvalue weighted by Gasteiger charge is -2.26. The Bertz CT molecular complexity index is 1190. The third-order valence-electron chi connectivity index (χ3n) is 4.96. The fourth-order valence-electron chi connectivity index (χ4n) is 3.49. The Morgan fingerprint density at radius 3 is 2.57 bits per heavy atom. The first-order valence-electron chi connectivity index (χ1n) is 9.09. The minimum atomic E-state index is -1.27. The van der Waals surface area contributed by atoms with Crippen molar-refractivity contribution in [3.8, 4) is 0 Å². The first kappa shape index (κ1) is 19.9. The maximum Gasteiger partial charge on any atom is 0.346 e. The number of carboxylic acid groups (broad SMARTS) is 1. The van der Waals surface area contributed by atoms with Crippen LogP contribution in [0.4, 0.5) is 14.5 Å². The van der Waals surface area contributed by atoms with Gasteiger partial charge >= 0.3 is 5.97 Å². The molecule has 30 heavy (non-hydrogen) atoms. The lowest BCUT2D eigenvalue weighted by atomic mass is 9.99. The third-order valence-corrected chi connectivity index (χ3v) is 5.98. The van der Waals surface area contributed by atoms with E-state index < -0.39 is 23.6 Å². The number of carboxylic acids is 1. The number of thiophene rings is 1. The molecule has 0 atom stereocenters. The summed E-state index contributed by atoms with van der Waals surface area (Å²) in [6.07, 6.45) is 0.537. The summed E-state index contributed by atoms with van der Waals surface area (Å²) in [5.41, 5.74) is 1.14. The molecule has 1 aliphatic rings. The van der Waals surface area contributed by atoms with Gasteiger partial charge in [0.25, 0.3) is 5.91 Å². The summed E-state index contributed by atoms with van der Waals surface area (Å²) in [6, 6.07) is 10.4. The number of aryl methyl sites for hydroxylation is 2. The van der Waals surface area contributed by atoms with Crippen molar-refractivity contribution in [2.45, 2.75) is 19.3 Å². The van der Waals surface area contributed by atoms with Crippen LogP contribution in [-0.2, 0) is 24.1 Å². The van der Waals surface area contributed by atoms with Crippen LogP contribution in [0.15, 0.2) is 47.8 Å². The van der Waals surface area contributed by atoms with E-state index in [2.05, 4.69) is 0 Å². The Morgan fingerprint density at radius 1 is 1.07 bits per heavy atom. The summed E-state index contributed by atoms with van der Waals surface area (Å²) in [4.78, 5) is 37.5. The van der Waals surface area contributed by atoms with Crippen LogP contribution in [0.2, 0.25) is 0 Å². The number of rotatable bonds is 5. The smallest absolute Gasteiger partial charge is 0.346 e. The van der Waals surface area contributed by atoms with Crippen molar-refractivity contribution < 1.29 is 28.3 Å². The first-order valence-corrected chi connectivity index (χ1v) is 9.97. The fourth-order valence-corrected chi connectivity index (χ4v) is 4.39. The van der Waals surface area contributed by atoms with Crippen molar-refractivity contribution >= 4 is 34.8 Å². The summed E-state index contributed by atoms with van der Waals surface area (Å²) >= 11 is 0.862. The van der Waals surface area contributed by atoms with Gasteiger partial charge in [0, 0.05) is 0 Å². The molecular weight excluding hydrogens is 412 g/mol. The molecule has 2 aromatic carbocycles. The number of carbonyl (C=O) groups is 3. The van der Waals surface area contributed by atoms with Gasteiger partial charge in [0.15, 0.2) is 0 Å². The molecule has 0 radical (unpaired) electrons. The van der Waals surface area contributed by atoms with Gasteiger partial charge in [0.1, 0.15) is 16.5 Å². The number of hydrogen-bond donors (Lipinski definition) is 1. The molecule has 0 saturated heterocycles. The normalized spacial score (nSPS) is 13.5. The van der Waals surface area contributed by atoms with Crippen molar-refractivity contribution in [2.24, 2.45) is 0 Å². The highest BCUT2D eigenvalue weighted by Gasteiger charge is 2.38. The van der Waals surface area contributed by atoms with E-state index in [0.717, 1.165) is 17.4 Å². The van der Waals surface area contributed by atoms with Gasteiger partial charge in [-0.2, -0.15) is 0 Å². The van der Waals surface area contributed by atoms with Gasteiger partial charge in [-0.15, -0.1) is 11.3 Å². The van der Waals surface area contributed by atoms with Gasteiger partial charge in [-0.3, -0.25) is 9.59 Å². The van der Waals surface area contributed by atoms with E-state index in [1.165, 1.54) is 23.6 Å². The maximum atomic E-state index is 14.6. The Labute approximate surface area is 174 Å². The van der Waals surface area contributed by atoms with E-state index in [9.17, 15) is 28.3 Å². The van der Waals surface area contributed by atoms with E-state index in [1.54, 1.807) is 18.2 Å². The van der Waals surface area contributed by atoms with Crippen molar-refractivity contribution in [3.05, 3.63) is 86.6 Å². The third kappa shape index (κ3) is 3.50. The second-order valence-corrected chi connectivity index (χ2v) is 7.74. The highest BCUT2D eigenvalue weighted by molar-refractivity contribution is 7.12. The number of benzene rings is 2. The summed E-state index contributed by atoms with van der Waals surface area (Å²) in [6.45, 7) is 0. The van der Waals surface area contributed by atoms with Gasteiger partial charge < -0.3 is 5.11 Å². The van der Waals surface area contributed by atoms with E-state index in [-0.39, 0.29) is 28.4 Å². The molecule has 5 nitrogen and oxygen atoms in total. The van der Waals surface area contributed by atoms with Crippen molar-refractivity contribution in [1.29, 1.82) is 0 Å². The van der Waals surface area contributed by atoms with E-state index in [4.69, 9.17) is 0 Å². The minimum Gasteiger partial charge on any atom is -0.477 e. The number of fused-ring (bicyclic) bond motifs is 1. The van der Waals surface area contributed by atoms with Crippen LogP contribution in [0.25, 0.3) is 0 Å². The molecule has 0 bridgehead atoms. The van der Waals surface area contributed by atoms with E-state index >= 15 is 0 Å². The molecule has 3 aromatic rings. The predicted octanol–water partition coefficient (Wildman–Crippen LogP) is 4.24. The van der Waals surface area contributed by atoms with Crippen LogP contribution >= 0.6 is 11.3 Å². The Balaban J connectivity index is 1.66. The van der Waals surface area contributed by atoms with Crippen molar-refractivity contribution in [1.82, 2.24) is 0 Å². The lowest BCUT2D eigenvalue weighted by Crippen LogP contribution is -2.43. The molecule has 1 aromatic heterocycles. The second kappa shape index (κ2) is 7.79. The molecule has 1 aliphatic heterocycles. The SMILES string of the molecule is O=C(O)c1scc2c1C(=O)N(c1cc(CCc3ccccc3F)ccc1F)C(=O)C2. The van der Waals surface area contributed by atoms with Crippen LogP contribution in [0.5, 0.6) is 0 Å². The number of imide groups is 1. The number of aromatic carboxylic acids is 1. The van der Waals surface area contributed by atoms with Crippen LogP contribution in [-0.4, -0.2) is 22.9 Å². The van der Waals surface area contributed by atoms with E-state index in [1.807, 2.05) is 0 Å². The molecule has 8 heteroatoms. The largest absolute Gasteiger partial charge is 0.477 e. The fraction of sp³-hybridized carbons (Fsp3) is 0.136. The van der Waals surface area contributed by atoms with Crippen LogP contribution in [0.3, 0.4) is 0 Å². The highest BCUT2D eigenvalue weighted by Crippen LogP contribution is 2.33. The molecule has 0 spiro atoms. The predicted molar refractivity (Wildman–Crippen MR) is 107 cm³/mol. The first-order chi connectivity index (χ1) is 14.4. The van der Waals surface area contributed by atoms with Gasteiger partial charge in [0.2, 0.25) is 5.91 Å². The maximum absolute atomic E-state index is 14.6. The molecule has 2 amide bonds. The van der Waals surface area contributed by atoms with Crippen LogP contribution < -0.4 is 4.90 Å². The highest BCUT2D eigenvalue weighted by atomic mass is 32.1.